The zero-order valence-electron chi connectivity index (χ0n) is 14.6. The van der Waals surface area contributed by atoms with Crippen molar-refractivity contribution in [3.63, 3.8) is 0 Å². The molecule has 25 heavy (non-hydrogen) atoms. The largest absolute Gasteiger partial charge is 0.333 e. The number of thiazole rings is 1. The van der Waals surface area contributed by atoms with Crippen LogP contribution < -0.4 is 0 Å². The topological polar surface area (TPSA) is 71.9 Å². The van der Waals surface area contributed by atoms with E-state index in [9.17, 15) is 4.79 Å². The summed E-state index contributed by atoms with van der Waals surface area (Å²) in [6.45, 7) is 5.98. The van der Waals surface area contributed by atoms with Crippen LogP contribution in [0.5, 0.6) is 0 Å². The first kappa shape index (κ1) is 17.2. The second-order valence-corrected chi connectivity index (χ2v) is 7.20. The van der Waals surface area contributed by atoms with E-state index in [-0.39, 0.29) is 11.9 Å². The highest BCUT2D eigenvalue weighted by atomic mass is 32.1. The predicted octanol–water partition coefficient (Wildman–Crippen LogP) is 3.45. The molecule has 0 saturated heterocycles. The number of nitrogens with zero attached hydrogens (tertiary/aromatic N) is 5. The van der Waals surface area contributed by atoms with Crippen LogP contribution in [0, 0.1) is 13.8 Å². The third kappa shape index (κ3) is 3.56. The van der Waals surface area contributed by atoms with Gasteiger partial charge in [0.1, 0.15) is 0 Å². The fourth-order valence-electron chi connectivity index (χ4n) is 2.58. The monoisotopic (exact) mass is 353 g/mol. The number of carbonyl (C=O) groups excluding carboxylic acids is 1. The van der Waals surface area contributed by atoms with Crippen molar-refractivity contribution in [3.05, 3.63) is 58.1 Å². The molecular weight excluding hydrogens is 334 g/mol. The fourth-order valence-corrected chi connectivity index (χ4v) is 3.49. The maximum atomic E-state index is 12.7. The average molecular weight is 353 g/mol. The van der Waals surface area contributed by atoms with Gasteiger partial charge in [-0.3, -0.25) is 9.78 Å². The molecule has 0 spiro atoms. The number of carbonyl (C=O) groups is 1. The van der Waals surface area contributed by atoms with Crippen LogP contribution in [-0.2, 0) is 0 Å². The summed E-state index contributed by atoms with van der Waals surface area (Å²) in [6.07, 6.45) is 6.50. The van der Waals surface area contributed by atoms with Crippen molar-refractivity contribution in [1.82, 2.24) is 24.8 Å². The van der Waals surface area contributed by atoms with Gasteiger partial charge in [-0.2, -0.15) is 0 Å². The first-order valence-corrected chi connectivity index (χ1v) is 8.72. The quantitative estimate of drug-likeness (QED) is 0.718. The highest BCUT2D eigenvalue weighted by Crippen LogP contribution is 2.27. The molecule has 1 atom stereocenters. The maximum Gasteiger partial charge on any atom is 0.257 e. The van der Waals surface area contributed by atoms with Crippen LogP contribution in [0.1, 0.15) is 38.9 Å². The minimum absolute atomic E-state index is 0.114. The van der Waals surface area contributed by atoms with Gasteiger partial charge in [0.2, 0.25) is 0 Å². The van der Waals surface area contributed by atoms with Crippen molar-refractivity contribution < 1.29 is 4.79 Å². The number of aromatic nitrogens is 4. The first-order valence-electron chi connectivity index (χ1n) is 7.91. The Morgan fingerprint density at radius 1 is 1.16 bits per heavy atom. The van der Waals surface area contributed by atoms with E-state index in [0.717, 1.165) is 21.1 Å². The van der Waals surface area contributed by atoms with Crippen molar-refractivity contribution >= 4 is 17.2 Å². The molecule has 0 aliphatic rings. The van der Waals surface area contributed by atoms with Crippen LogP contribution in [0.25, 0.3) is 11.4 Å². The molecule has 0 N–H and O–H groups in total. The smallest absolute Gasteiger partial charge is 0.257 e. The standard InChI is InChI=1S/C18H19N5OS/c1-11(16-12(2)25-13(3)22-16)23(4)18(24)15-9-20-17(21-10-15)14-5-7-19-8-6-14/h5-11H,1-4H3/t11-/m0/s1. The van der Waals surface area contributed by atoms with E-state index < -0.39 is 0 Å². The summed E-state index contributed by atoms with van der Waals surface area (Å²) in [6, 6.07) is 3.55. The van der Waals surface area contributed by atoms with Gasteiger partial charge in [-0.1, -0.05) is 0 Å². The number of hydrogen-bond acceptors (Lipinski definition) is 6. The van der Waals surface area contributed by atoms with Gasteiger partial charge in [-0.15, -0.1) is 11.3 Å². The highest BCUT2D eigenvalue weighted by Gasteiger charge is 2.23. The molecule has 3 aromatic rings. The highest BCUT2D eigenvalue weighted by molar-refractivity contribution is 7.11. The molecule has 0 aliphatic carbocycles. The number of hydrogen-bond donors (Lipinski definition) is 0. The second-order valence-electron chi connectivity index (χ2n) is 5.80. The van der Waals surface area contributed by atoms with Crippen molar-refractivity contribution in [2.75, 3.05) is 7.05 Å². The lowest BCUT2D eigenvalue weighted by molar-refractivity contribution is 0.0739. The van der Waals surface area contributed by atoms with Gasteiger partial charge in [-0.25, -0.2) is 15.0 Å². The predicted molar refractivity (Wildman–Crippen MR) is 97.4 cm³/mol. The molecule has 0 aliphatic heterocycles. The van der Waals surface area contributed by atoms with Gasteiger partial charge in [0.05, 0.1) is 22.3 Å². The van der Waals surface area contributed by atoms with Crippen LogP contribution in [0.15, 0.2) is 36.9 Å². The Bertz CT molecular complexity index is 876. The van der Waals surface area contributed by atoms with Crippen LogP contribution in [0.4, 0.5) is 0 Å². The molecule has 0 aromatic carbocycles. The van der Waals surface area contributed by atoms with Crippen molar-refractivity contribution in [3.8, 4) is 11.4 Å². The Hall–Kier alpha value is -2.67. The summed E-state index contributed by atoms with van der Waals surface area (Å²) >= 11 is 1.64. The molecule has 3 aromatic heterocycles. The zero-order chi connectivity index (χ0) is 18.0. The molecular formula is C18H19N5OS. The van der Waals surface area contributed by atoms with Crippen LogP contribution in [-0.4, -0.2) is 37.8 Å². The summed E-state index contributed by atoms with van der Waals surface area (Å²) in [5.41, 5.74) is 2.26. The summed E-state index contributed by atoms with van der Waals surface area (Å²) in [5, 5.41) is 1.00. The van der Waals surface area contributed by atoms with Crippen molar-refractivity contribution in [2.45, 2.75) is 26.8 Å². The van der Waals surface area contributed by atoms with E-state index in [0.29, 0.717) is 11.4 Å². The molecule has 0 bridgehead atoms. The van der Waals surface area contributed by atoms with Crippen molar-refractivity contribution in [2.24, 2.45) is 0 Å². The van der Waals surface area contributed by atoms with Gasteiger partial charge in [0.25, 0.3) is 5.91 Å². The Morgan fingerprint density at radius 2 is 1.80 bits per heavy atom. The number of amides is 1. The van der Waals surface area contributed by atoms with Gasteiger partial charge in [0, 0.05) is 42.3 Å². The summed E-state index contributed by atoms with van der Waals surface area (Å²) in [4.78, 5) is 32.7. The molecule has 6 nitrogen and oxygen atoms in total. The fraction of sp³-hybridized carbons (Fsp3) is 0.278. The lowest BCUT2D eigenvalue weighted by atomic mass is 10.1. The molecule has 128 valence electrons. The molecule has 0 fully saturated rings. The summed E-state index contributed by atoms with van der Waals surface area (Å²) in [5.74, 6) is 0.444. The minimum Gasteiger partial charge on any atom is -0.333 e. The van der Waals surface area contributed by atoms with Crippen molar-refractivity contribution in [1.29, 1.82) is 0 Å². The van der Waals surface area contributed by atoms with Gasteiger partial charge in [-0.05, 0) is 32.9 Å². The molecule has 0 radical (unpaired) electrons. The molecule has 1 amide bonds. The van der Waals surface area contributed by atoms with E-state index in [2.05, 4.69) is 19.9 Å². The van der Waals surface area contributed by atoms with E-state index in [1.165, 1.54) is 0 Å². The molecule has 0 unspecified atom stereocenters. The van der Waals surface area contributed by atoms with E-state index in [1.807, 2.05) is 32.9 Å². The Labute approximate surface area is 150 Å². The summed E-state index contributed by atoms with van der Waals surface area (Å²) < 4.78 is 0. The molecule has 3 rings (SSSR count). The molecule has 3 heterocycles. The van der Waals surface area contributed by atoms with Gasteiger partial charge >= 0.3 is 0 Å². The van der Waals surface area contributed by atoms with E-state index in [1.54, 1.807) is 48.1 Å². The molecule has 7 heteroatoms. The maximum absolute atomic E-state index is 12.7. The Kier molecular flexibility index (Phi) is 4.85. The second kappa shape index (κ2) is 7.06. The number of pyridine rings is 1. The normalized spacial score (nSPS) is 12.0. The SMILES string of the molecule is Cc1nc([C@H](C)N(C)C(=O)c2cnc(-c3ccncc3)nc2)c(C)s1. The van der Waals surface area contributed by atoms with Crippen LogP contribution in [0.3, 0.4) is 0 Å². The number of rotatable bonds is 4. The average Bonchev–Trinajstić information content (AvgIpc) is 2.99. The minimum atomic E-state index is -0.126. The zero-order valence-corrected chi connectivity index (χ0v) is 15.4. The first-order chi connectivity index (χ1) is 12.0. The Morgan fingerprint density at radius 3 is 2.36 bits per heavy atom. The van der Waals surface area contributed by atoms with Crippen LogP contribution in [0.2, 0.25) is 0 Å². The Balaban J connectivity index is 1.79. The van der Waals surface area contributed by atoms with Crippen LogP contribution >= 0.6 is 11.3 Å². The van der Waals surface area contributed by atoms with Gasteiger partial charge < -0.3 is 4.90 Å². The summed E-state index contributed by atoms with van der Waals surface area (Å²) in [7, 11) is 1.78. The third-order valence-corrected chi connectivity index (χ3v) is 4.98. The lowest BCUT2D eigenvalue weighted by Crippen LogP contribution is -2.30. The van der Waals surface area contributed by atoms with Gasteiger partial charge in [0.15, 0.2) is 5.82 Å². The van der Waals surface area contributed by atoms with E-state index >= 15 is 0 Å². The number of aryl methyl sites for hydroxylation is 2. The lowest BCUT2D eigenvalue weighted by Gasteiger charge is -2.24. The van der Waals surface area contributed by atoms with E-state index in [4.69, 9.17) is 0 Å². The molecule has 0 saturated carbocycles. The third-order valence-electron chi connectivity index (χ3n) is 4.07.